The third-order valence-corrected chi connectivity index (χ3v) is 3.51. The molecule has 0 aliphatic rings. The van der Waals surface area contributed by atoms with Gasteiger partial charge in [-0.05, 0) is 30.3 Å². The van der Waals surface area contributed by atoms with Gasteiger partial charge < -0.3 is 15.4 Å². The summed E-state index contributed by atoms with van der Waals surface area (Å²) in [5, 5.41) is 4.97. The highest BCUT2D eigenvalue weighted by Crippen LogP contribution is 2.17. The van der Waals surface area contributed by atoms with Crippen molar-refractivity contribution in [2.45, 2.75) is 0 Å². The maximum Gasteiger partial charge on any atom is 0.254 e. The van der Waals surface area contributed by atoms with Gasteiger partial charge >= 0.3 is 0 Å². The van der Waals surface area contributed by atoms with E-state index in [9.17, 15) is 14.0 Å². The Labute approximate surface area is 147 Å². The van der Waals surface area contributed by atoms with E-state index in [-0.39, 0.29) is 18.0 Å². The van der Waals surface area contributed by atoms with E-state index in [1.54, 1.807) is 12.1 Å². The van der Waals surface area contributed by atoms with Crippen molar-refractivity contribution in [3.63, 3.8) is 0 Å². The molecule has 126 valence electrons. The molecular formula is C17H16BrFN2O3. The highest BCUT2D eigenvalue weighted by molar-refractivity contribution is 9.10. The topological polar surface area (TPSA) is 67.4 Å². The molecule has 0 spiro atoms. The van der Waals surface area contributed by atoms with Crippen molar-refractivity contribution in [3.8, 4) is 5.75 Å². The fraction of sp³-hybridized carbons (Fsp3) is 0.176. The van der Waals surface area contributed by atoms with Crippen LogP contribution in [0.4, 0.5) is 4.39 Å². The van der Waals surface area contributed by atoms with Crippen LogP contribution in [-0.2, 0) is 4.79 Å². The highest BCUT2D eigenvalue weighted by atomic mass is 79.9. The van der Waals surface area contributed by atoms with Crippen LogP contribution in [0.2, 0.25) is 0 Å². The number of hydrogen-bond acceptors (Lipinski definition) is 3. The molecule has 2 aromatic rings. The smallest absolute Gasteiger partial charge is 0.254 e. The largest absolute Gasteiger partial charge is 0.492 e. The Morgan fingerprint density at radius 1 is 1.08 bits per heavy atom. The van der Waals surface area contributed by atoms with Gasteiger partial charge in [0, 0.05) is 4.47 Å². The minimum atomic E-state index is -0.631. The zero-order chi connectivity index (χ0) is 17.4. The normalized spacial score (nSPS) is 10.1. The number of halogens is 2. The van der Waals surface area contributed by atoms with Crippen LogP contribution in [0.15, 0.2) is 53.0 Å². The molecule has 0 aliphatic heterocycles. The van der Waals surface area contributed by atoms with E-state index in [2.05, 4.69) is 26.6 Å². The predicted octanol–water partition coefficient (Wildman–Crippen LogP) is 2.51. The van der Waals surface area contributed by atoms with Crippen LogP contribution in [0, 0.1) is 5.82 Å². The SMILES string of the molecule is O=C(CNC(=O)c1ccccc1F)NCCOc1cccc(Br)c1. The molecule has 2 rings (SSSR count). The molecule has 0 atom stereocenters. The van der Waals surface area contributed by atoms with Crippen LogP contribution in [0.1, 0.15) is 10.4 Å². The summed E-state index contributed by atoms with van der Waals surface area (Å²) in [6.45, 7) is 0.356. The summed E-state index contributed by atoms with van der Waals surface area (Å²) in [6.07, 6.45) is 0. The first-order chi connectivity index (χ1) is 11.6. The molecule has 0 radical (unpaired) electrons. The second-order valence-electron chi connectivity index (χ2n) is 4.82. The van der Waals surface area contributed by atoms with E-state index in [0.717, 1.165) is 4.47 Å². The number of carbonyl (C=O) groups excluding carboxylic acids is 2. The molecule has 0 saturated heterocycles. The monoisotopic (exact) mass is 394 g/mol. The summed E-state index contributed by atoms with van der Waals surface area (Å²) in [6, 6.07) is 12.9. The summed E-state index contributed by atoms with van der Waals surface area (Å²) in [7, 11) is 0. The van der Waals surface area contributed by atoms with Crippen molar-refractivity contribution in [3.05, 3.63) is 64.4 Å². The molecule has 0 aromatic heterocycles. The standard InChI is InChI=1S/C17H16BrFN2O3/c18-12-4-3-5-13(10-12)24-9-8-20-16(22)11-21-17(23)14-6-1-2-7-15(14)19/h1-7,10H,8-9,11H2,(H,20,22)(H,21,23). The number of nitrogens with one attached hydrogen (secondary N) is 2. The second-order valence-corrected chi connectivity index (χ2v) is 5.73. The third kappa shape index (κ3) is 5.66. The quantitative estimate of drug-likeness (QED) is 0.709. The van der Waals surface area contributed by atoms with E-state index in [1.807, 2.05) is 18.2 Å². The third-order valence-electron chi connectivity index (χ3n) is 3.02. The van der Waals surface area contributed by atoms with E-state index in [1.165, 1.54) is 18.2 Å². The van der Waals surface area contributed by atoms with Crippen LogP contribution in [0.25, 0.3) is 0 Å². The zero-order valence-electron chi connectivity index (χ0n) is 12.7. The van der Waals surface area contributed by atoms with Crippen LogP contribution < -0.4 is 15.4 Å². The highest BCUT2D eigenvalue weighted by Gasteiger charge is 2.11. The lowest BCUT2D eigenvalue weighted by Crippen LogP contribution is -2.38. The van der Waals surface area contributed by atoms with Crippen molar-refractivity contribution in [1.82, 2.24) is 10.6 Å². The Kier molecular flexibility index (Phi) is 6.74. The van der Waals surface area contributed by atoms with E-state index in [4.69, 9.17) is 4.74 Å². The van der Waals surface area contributed by atoms with Gasteiger partial charge in [0.15, 0.2) is 0 Å². The first kappa shape index (κ1) is 17.9. The van der Waals surface area contributed by atoms with Crippen molar-refractivity contribution in [2.24, 2.45) is 0 Å². The van der Waals surface area contributed by atoms with Crippen molar-refractivity contribution < 1.29 is 18.7 Å². The average Bonchev–Trinajstić information content (AvgIpc) is 2.57. The van der Waals surface area contributed by atoms with Gasteiger partial charge in [-0.25, -0.2) is 4.39 Å². The number of hydrogen-bond donors (Lipinski definition) is 2. The van der Waals surface area contributed by atoms with Gasteiger partial charge in [0.1, 0.15) is 18.2 Å². The molecule has 2 amide bonds. The van der Waals surface area contributed by atoms with E-state index in [0.29, 0.717) is 18.9 Å². The first-order valence-corrected chi connectivity index (χ1v) is 8.03. The van der Waals surface area contributed by atoms with Crippen LogP contribution >= 0.6 is 15.9 Å². The summed E-state index contributed by atoms with van der Waals surface area (Å²) < 4.78 is 19.8. The number of carbonyl (C=O) groups is 2. The van der Waals surface area contributed by atoms with Crippen LogP contribution in [0.3, 0.4) is 0 Å². The molecule has 2 aromatic carbocycles. The van der Waals surface area contributed by atoms with Gasteiger partial charge in [0.25, 0.3) is 5.91 Å². The molecule has 0 saturated carbocycles. The zero-order valence-corrected chi connectivity index (χ0v) is 14.3. The predicted molar refractivity (Wildman–Crippen MR) is 91.4 cm³/mol. The summed E-state index contributed by atoms with van der Waals surface area (Å²) in [5.41, 5.74) is -0.0942. The van der Waals surface area contributed by atoms with Gasteiger partial charge in [0.05, 0.1) is 18.7 Å². The van der Waals surface area contributed by atoms with E-state index < -0.39 is 11.7 Å². The van der Waals surface area contributed by atoms with Crippen molar-refractivity contribution >= 4 is 27.7 Å². The fourth-order valence-corrected chi connectivity index (χ4v) is 2.26. The van der Waals surface area contributed by atoms with Crippen LogP contribution in [-0.4, -0.2) is 31.5 Å². The van der Waals surface area contributed by atoms with Gasteiger partial charge in [-0.3, -0.25) is 9.59 Å². The van der Waals surface area contributed by atoms with Gasteiger partial charge in [0.2, 0.25) is 5.91 Å². The Hall–Kier alpha value is -2.41. The Morgan fingerprint density at radius 2 is 1.88 bits per heavy atom. The van der Waals surface area contributed by atoms with Gasteiger partial charge in [-0.15, -0.1) is 0 Å². The van der Waals surface area contributed by atoms with Crippen molar-refractivity contribution in [1.29, 1.82) is 0 Å². The number of ether oxygens (including phenoxy) is 1. The summed E-state index contributed by atoms with van der Waals surface area (Å²) in [4.78, 5) is 23.4. The maximum absolute atomic E-state index is 13.4. The van der Waals surface area contributed by atoms with Gasteiger partial charge in [-0.2, -0.15) is 0 Å². The molecular weight excluding hydrogens is 379 g/mol. The molecule has 0 bridgehead atoms. The molecule has 0 unspecified atom stereocenters. The summed E-state index contributed by atoms with van der Waals surface area (Å²) >= 11 is 3.34. The molecule has 24 heavy (non-hydrogen) atoms. The lowest BCUT2D eigenvalue weighted by molar-refractivity contribution is -0.120. The fourth-order valence-electron chi connectivity index (χ4n) is 1.88. The minimum absolute atomic E-state index is 0.0942. The van der Waals surface area contributed by atoms with Gasteiger partial charge in [-0.1, -0.05) is 34.1 Å². The van der Waals surface area contributed by atoms with Crippen molar-refractivity contribution in [2.75, 3.05) is 19.7 Å². The number of benzene rings is 2. The lowest BCUT2D eigenvalue weighted by atomic mass is 10.2. The molecule has 5 nitrogen and oxygen atoms in total. The van der Waals surface area contributed by atoms with Crippen LogP contribution in [0.5, 0.6) is 5.75 Å². The minimum Gasteiger partial charge on any atom is -0.492 e. The van der Waals surface area contributed by atoms with E-state index >= 15 is 0 Å². The number of rotatable bonds is 7. The Balaban J connectivity index is 1.66. The molecule has 0 aliphatic carbocycles. The summed E-state index contributed by atoms with van der Waals surface area (Å²) in [5.74, 6) is -0.949. The number of amides is 2. The average molecular weight is 395 g/mol. The molecule has 0 heterocycles. The molecule has 2 N–H and O–H groups in total. The Bertz CT molecular complexity index is 724. The molecule has 7 heteroatoms. The second kappa shape index (κ2) is 9.02. The molecule has 0 fully saturated rings. The maximum atomic E-state index is 13.4. The lowest BCUT2D eigenvalue weighted by Gasteiger charge is -2.09. The Morgan fingerprint density at radius 3 is 2.62 bits per heavy atom. The first-order valence-electron chi connectivity index (χ1n) is 7.24.